The van der Waals surface area contributed by atoms with Gasteiger partial charge in [0.15, 0.2) is 0 Å². The summed E-state index contributed by atoms with van der Waals surface area (Å²) in [6.07, 6.45) is 9.67. The van der Waals surface area contributed by atoms with Gasteiger partial charge in [0, 0.05) is 18.2 Å². The minimum Gasteiger partial charge on any atom is -0.497 e. The topological polar surface area (TPSA) is 118 Å². The SMILES string of the molecule is COc1ccc(COc2cc(COc3cc(OCc4cc(OCc5ccc(OC)cc5)cc(OCc5ccc(OC)cc5)c4)cc(C(CCN)CCC4CCCCC4)c3)cc(OCc3ccc(OC)cc3)c2)cc1. The van der Waals surface area contributed by atoms with E-state index in [4.69, 9.17) is 53.1 Å². The molecule has 7 aromatic rings. The Bertz CT molecular complexity index is 2460. The molecule has 0 aliphatic heterocycles. The van der Waals surface area contributed by atoms with Crippen LogP contribution in [0, 0.1) is 5.92 Å². The van der Waals surface area contributed by atoms with Crippen molar-refractivity contribution in [3.8, 4) is 57.5 Å². The van der Waals surface area contributed by atoms with Crippen molar-refractivity contribution in [1.29, 1.82) is 0 Å². The van der Waals surface area contributed by atoms with Crippen LogP contribution in [-0.2, 0) is 39.6 Å². The van der Waals surface area contributed by atoms with Gasteiger partial charge >= 0.3 is 0 Å². The standard InChI is InChI=1S/C63H71NO10/c1-65-54-20-11-46(12-21-54)39-69-58-30-50(31-59(36-58)70-40-47-13-22-55(66-2)23-14-47)43-73-62-34-53(52(28-29-64)19-10-45-8-6-5-7-9-45)35-63(38-62)74-44-51-32-60(71-41-48-15-24-56(67-3)25-16-48)37-61(33-51)72-42-49-17-26-57(68-4)27-18-49/h11-18,20-27,30-38,45,52H,5-10,19,28-29,39-44,64H2,1-4H3. The Hall–Kier alpha value is -7.50. The molecule has 0 aromatic heterocycles. The number of ether oxygens (including phenoxy) is 10. The molecule has 0 spiro atoms. The van der Waals surface area contributed by atoms with E-state index in [9.17, 15) is 0 Å². The highest BCUT2D eigenvalue weighted by Crippen LogP contribution is 2.37. The number of nitrogens with two attached hydrogens (primary N) is 1. The molecule has 0 bridgehead atoms. The van der Waals surface area contributed by atoms with Crippen LogP contribution in [0.1, 0.15) is 96.2 Å². The molecule has 8 rings (SSSR count). The largest absolute Gasteiger partial charge is 0.497 e. The fourth-order valence-corrected chi connectivity index (χ4v) is 9.24. The zero-order valence-electron chi connectivity index (χ0n) is 43.4. The maximum absolute atomic E-state index is 6.74. The minimum absolute atomic E-state index is 0.244. The number of benzene rings is 7. The van der Waals surface area contributed by atoms with Gasteiger partial charge in [0.05, 0.1) is 28.4 Å². The number of hydrogen-bond acceptors (Lipinski definition) is 11. The normalized spacial score (nSPS) is 12.8. The lowest BCUT2D eigenvalue weighted by atomic mass is 9.82. The number of hydrogen-bond donors (Lipinski definition) is 1. The highest BCUT2D eigenvalue weighted by atomic mass is 16.5. The van der Waals surface area contributed by atoms with Crippen molar-refractivity contribution >= 4 is 0 Å². The van der Waals surface area contributed by atoms with Gasteiger partial charge in [-0.25, -0.2) is 0 Å². The summed E-state index contributed by atoms with van der Waals surface area (Å²) in [6.45, 7) is 2.57. The molecule has 388 valence electrons. The molecular formula is C63H71NO10. The lowest BCUT2D eigenvalue weighted by molar-refractivity contribution is 0.275. The van der Waals surface area contributed by atoms with E-state index < -0.39 is 0 Å². The van der Waals surface area contributed by atoms with Gasteiger partial charge in [-0.15, -0.1) is 0 Å². The van der Waals surface area contributed by atoms with E-state index in [2.05, 4.69) is 12.1 Å². The van der Waals surface area contributed by atoms with Crippen molar-refractivity contribution in [2.45, 2.75) is 96.9 Å². The smallest absolute Gasteiger partial charge is 0.123 e. The third kappa shape index (κ3) is 16.3. The second kappa shape index (κ2) is 27.5. The quantitative estimate of drug-likeness (QED) is 0.0505. The van der Waals surface area contributed by atoms with Gasteiger partial charge in [-0.1, -0.05) is 80.6 Å². The molecule has 0 heterocycles. The van der Waals surface area contributed by atoms with Gasteiger partial charge in [0.25, 0.3) is 0 Å². The summed E-state index contributed by atoms with van der Waals surface area (Å²) in [5, 5.41) is 0. The molecular weight excluding hydrogens is 931 g/mol. The molecule has 1 atom stereocenters. The van der Waals surface area contributed by atoms with E-state index in [1.54, 1.807) is 28.4 Å². The highest BCUT2D eigenvalue weighted by Gasteiger charge is 2.20. The number of methoxy groups -OCH3 is 4. The lowest BCUT2D eigenvalue weighted by Gasteiger charge is -2.25. The Balaban J connectivity index is 1.04. The molecule has 0 radical (unpaired) electrons. The predicted octanol–water partition coefficient (Wildman–Crippen LogP) is 14.0. The predicted molar refractivity (Wildman–Crippen MR) is 290 cm³/mol. The molecule has 0 amide bonds. The second-order valence-corrected chi connectivity index (χ2v) is 18.8. The van der Waals surface area contributed by atoms with Crippen molar-refractivity contribution in [3.05, 3.63) is 191 Å². The summed E-state index contributed by atoms with van der Waals surface area (Å²) >= 11 is 0. The average molecular weight is 1000 g/mol. The van der Waals surface area contributed by atoms with Crippen LogP contribution in [0.3, 0.4) is 0 Å². The molecule has 1 unspecified atom stereocenters. The molecule has 1 saturated carbocycles. The maximum atomic E-state index is 6.74. The van der Waals surface area contributed by atoms with Gasteiger partial charge in [-0.05, 0) is 162 Å². The first-order chi connectivity index (χ1) is 36.3. The van der Waals surface area contributed by atoms with Gasteiger partial charge in [-0.3, -0.25) is 0 Å². The fraction of sp³-hybridized carbons (Fsp3) is 0.333. The Labute approximate surface area is 437 Å². The van der Waals surface area contributed by atoms with Gasteiger partial charge in [0.2, 0.25) is 0 Å². The van der Waals surface area contributed by atoms with Gasteiger partial charge < -0.3 is 53.1 Å². The van der Waals surface area contributed by atoms with Crippen molar-refractivity contribution < 1.29 is 47.4 Å². The molecule has 11 nitrogen and oxygen atoms in total. The molecule has 1 fully saturated rings. The Kier molecular flexibility index (Phi) is 19.6. The van der Waals surface area contributed by atoms with Crippen molar-refractivity contribution in [3.63, 3.8) is 0 Å². The molecule has 1 aliphatic carbocycles. The summed E-state index contributed by atoms with van der Waals surface area (Å²) in [5.41, 5.74) is 13.3. The summed E-state index contributed by atoms with van der Waals surface area (Å²) in [7, 11) is 6.64. The highest BCUT2D eigenvalue weighted by molar-refractivity contribution is 5.44. The monoisotopic (exact) mass is 1000 g/mol. The van der Waals surface area contributed by atoms with E-state index in [1.807, 2.05) is 140 Å². The minimum atomic E-state index is 0.244. The first kappa shape index (κ1) is 52.8. The van der Waals surface area contributed by atoms with Gasteiger partial charge in [-0.2, -0.15) is 0 Å². The molecule has 2 N–H and O–H groups in total. The van der Waals surface area contributed by atoms with Gasteiger partial charge in [0.1, 0.15) is 97.1 Å². The Morgan fingerprint density at radius 1 is 0.351 bits per heavy atom. The molecule has 7 aromatic carbocycles. The molecule has 74 heavy (non-hydrogen) atoms. The van der Waals surface area contributed by atoms with Crippen LogP contribution >= 0.6 is 0 Å². The van der Waals surface area contributed by atoms with Crippen LogP contribution in [-0.4, -0.2) is 35.0 Å². The summed E-state index contributed by atoms with van der Waals surface area (Å²) < 4.78 is 60.5. The van der Waals surface area contributed by atoms with E-state index in [0.717, 1.165) is 80.7 Å². The second-order valence-electron chi connectivity index (χ2n) is 18.8. The lowest BCUT2D eigenvalue weighted by Crippen LogP contribution is -2.12. The first-order valence-corrected chi connectivity index (χ1v) is 25.7. The van der Waals surface area contributed by atoms with Crippen LogP contribution in [0.15, 0.2) is 152 Å². The zero-order chi connectivity index (χ0) is 51.3. The third-order valence-corrected chi connectivity index (χ3v) is 13.5. The summed E-state index contributed by atoms with van der Waals surface area (Å²) in [4.78, 5) is 0. The van der Waals surface area contributed by atoms with Crippen molar-refractivity contribution in [2.24, 2.45) is 11.7 Å². The first-order valence-electron chi connectivity index (χ1n) is 25.7. The van der Waals surface area contributed by atoms with Crippen LogP contribution in [0.25, 0.3) is 0 Å². The molecule has 11 heteroatoms. The molecule has 0 saturated heterocycles. The average Bonchev–Trinajstić information content (AvgIpc) is 3.45. The van der Waals surface area contributed by atoms with E-state index in [0.29, 0.717) is 67.5 Å². The van der Waals surface area contributed by atoms with Crippen molar-refractivity contribution in [2.75, 3.05) is 35.0 Å². The zero-order valence-corrected chi connectivity index (χ0v) is 43.4. The van der Waals surface area contributed by atoms with E-state index in [-0.39, 0.29) is 19.1 Å². The van der Waals surface area contributed by atoms with Crippen LogP contribution in [0.4, 0.5) is 0 Å². The van der Waals surface area contributed by atoms with Crippen LogP contribution in [0.2, 0.25) is 0 Å². The van der Waals surface area contributed by atoms with Crippen LogP contribution < -0.4 is 53.1 Å². The van der Waals surface area contributed by atoms with E-state index >= 15 is 0 Å². The summed E-state index contributed by atoms with van der Waals surface area (Å²) in [5.74, 6) is 8.21. The fourth-order valence-electron chi connectivity index (χ4n) is 9.24. The molecule has 1 aliphatic rings. The third-order valence-electron chi connectivity index (χ3n) is 13.5. The maximum Gasteiger partial charge on any atom is 0.123 e. The van der Waals surface area contributed by atoms with Crippen LogP contribution in [0.5, 0.6) is 57.5 Å². The van der Waals surface area contributed by atoms with E-state index in [1.165, 1.54) is 38.5 Å². The Morgan fingerprint density at radius 3 is 0.946 bits per heavy atom. The van der Waals surface area contributed by atoms with Crippen molar-refractivity contribution in [1.82, 2.24) is 0 Å². The summed E-state index contributed by atoms with van der Waals surface area (Å²) in [6, 6.07) is 49.6. The Morgan fingerprint density at radius 2 is 0.649 bits per heavy atom. The number of rotatable bonds is 28.